The van der Waals surface area contributed by atoms with Gasteiger partial charge in [0.05, 0.1) is 19.4 Å². The number of carbonyl (C=O) groups is 1. The number of methoxy groups -OCH3 is 1. The molecule has 150 valence electrons. The Morgan fingerprint density at radius 1 is 1.17 bits per heavy atom. The summed E-state index contributed by atoms with van der Waals surface area (Å²) in [4.78, 5) is 12.3. The molecule has 4 rings (SSSR count). The van der Waals surface area contributed by atoms with Crippen LogP contribution in [0.3, 0.4) is 0 Å². The van der Waals surface area contributed by atoms with Crippen LogP contribution >= 0.6 is 11.8 Å². The zero-order valence-electron chi connectivity index (χ0n) is 15.7. The summed E-state index contributed by atoms with van der Waals surface area (Å²) in [6.45, 7) is 1.53. The van der Waals surface area contributed by atoms with Gasteiger partial charge in [-0.25, -0.2) is 4.68 Å². The standard InChI is InChI=1S/C19H19N5O4S/c1-26-15-5-2-13(3-6-15)11-24-19(21-22-23-24)29-12-18(25)20-14-4-7-16-17(10-14)28-9-8-27-16/h2-7,10H,8-9,11-12H2,1H3,(H,20,25). The number of carbonyl (C=O) groups excluding carboxylic acids is 1. The number of hydrogen-bond donors (Lipinski definition) is 1. The number of nitrogens with one attached hydrogen (secondary N) is 1. The molecule has 1 aliphatic rings. The second kappa shape index (κ2) is 8.82. The minimum Gasteiger partial charge on any atom is -0.497 e. The molecule has 10 heteroatoms. The van der Waals surface area contributed by atoms with Gasteiger partial charge in [-0.15, -0.1) is 5.10 Å². The molecule has 0 fully saturated rings. The Hall–Kier alpha value is -3.27. The number of rotatable bonds is 7. The molecule has 1 N–H and O–H groups in total. The molecular weight excluding hydrogens is 394 g/mol. The average Bonchev–Trinajstić information content (AvgIpc) is 3.19. The van der Waals surface area contributed by atoms with E-state index < -0.39 is 0 Å². The molecule has 0 atom stereocenters. The molecule has 1 amide bonds. The van der Waals surface area contributed by atoms with E-state index in [2.05, 4.69) is 20.8 Å². The number of fused-ring (bicyclic) bond motifs is 1. The van der Waals surface area contributed by atoms with E-state index in [1.54, 1.807) is 30.0 Å². The Bertz CT molecular complexity index is 993. The van der Waals surface area contributed by atoms with E-state index in [0.717, 1.165) is 11.3 Å². The number of nitrogens with zero attached hydrogens (tertiary/aromatic N) is 4. The van der Waals surface area contributed by atoms with Gasteiger partial charge in [0, 0.05) is 11.8 Å². The van der Waals surface area contributed by atoms with Gasteiger partial charge in [0.25, 0.3) is 0 Å². The smallest absolute Gasteiger partial charge is 0.234 e. The van der Waals surface area contributed by atoms with E-state index in [-0.39, 0.29) is 11.7 Å². The highest BCUT2D eigenvalue weighted by Crippen LogP contribution is 2.32. The molecule has 1 aromatic heterocycles. The van der Waals surface area contributed by atoms with Crippen LogP contribution in [0.25, 0.3) is 0 Å². The van der Waals surface area contributed by atoms with Gasteiger partial charge in [0.1, 0.15) is 19.0 Å². The second-order valence-corrected chi connectivity index (χ2v) is 7.10. The summed E-state index contributed by atoms with van der Waals surface area (Å²) < 4.78 is 17.8. The first kappa shape index (κ1) is 19.1. The van der Waals surface area contributed by atoms with Crippen LogP contribution in [0.5, 0.6) is 17.2 Å². The third kappa shape index (κ3) is 4.77. The monoisotopic (exact) mass is 413 g/mol. The number of thioether (sulfide) groups is 1. The van der Waals surface area contributed by atoms with Crippen LogP contribution in [0.4, 0.5) is 5.69 Å². The molecule has 0 unspecified atom stereocenters. The van der Waals surface area contributed by atoms with Crippen LogP contribution in [-0.4, -0.2) is 52.2 Å². The van der Waals surface area contributed by atoms with E-state index in [1.165, 1.54) is 11.8 Å². The number of amides is 1. The maximum Gasteiger partial charge on any atom is 0.234 e. The number of ether oxygens (including phenoxy) is 3. The first-order valence-corrected chi connectivity index (χ1v) is 9.91. The van der Waals surface area contributed by atoms with Crippen molar-refractivity contribution in [3.63, 3.8) is 0 Å². The van der Waals surface area contributed by atoms with Crippen LogP contribution < -0.4 is 19.5 Å². The number of aromatic nitrogens is 4. The molecule has 0 bridgehead atoms. The quantitative estimate of drug-likeness (QED) is 0.589. The molecule has 29 heavy (non-hydrogen) atoms. The summed E-state index contributed by atoms with van der Waals surface area (Å²) >= 11 is 1.27. The second-order valence-electron chi connectivity index (χ2n) is 6.16. The Labute approximate surface area is 171 Å². The van der Waals surface area contributed by atoms with Crippen molar-refractivity contribution in [1.82, 2.24) is 20.2 Å². The largest absolute Gasteiger partial charge is 0.497 e. The highest BCUT2D eigenvalue weighted by atomic mass is 32.2. The molecule has 0 spiro atoms. The van der Waals surface area contributed by atoms with Gasteiger partial charge in [-0.1, -0.05) is 23.9 Å². The summed E-state index contributed by atoms with van der Waals surface area (Å²) in [5.74, 6) is 2.12. The summed E-state index contributed by atoms with van der Waals surface area (Å²) in [5, 5.41) is 15.1. The third-order valence-electron chi connectivity index (χ3n) is 4.15. The first-order valence-electron chi connectivity index (χ1n) is 8.92. The van der Waals surface area contributed by atoms with Gasteiger partial charge in [-0.3, -0.25) is 4.79 Å². The van der Waals surface area contributed by atoms with Crippen molar-refractivity contribution in [2.75, 3.05) is 31.4 Å². The topological polar surface area (TPSA) is 100 Å². The van der Waals surface area contributed by atoms with E-state index in [4.69, 9.17) is 14.2 Å². The van der Waals surface area contributed by atoms with Crippen molar-refractivity contribution < 1.29 is 19.0 Å². The van der Waals surface area contributed by atoms with Gasteiger partial charge in [0.2, 0.25) is 11.1 Å². The lowest BCUT2D eigenvalue weighted by molar-refractivity contribution is -0.113. The van der Waals surface area contributed by atoms with E-state index in [0.29, 0.717) is 42.1 Å². The van der Waals surface area contributed by atoms with Gasteiger partial charge >= 0.3 is 0 Å². The van der Waals surface area contributed by atoms with Gasteiger partial charge in [-0.05, 0) is 40.3 Å². The molecule has 0 saturated carbocycles. The highest BCUT2D eigenvalue weighted by Gasteiger charge is 2.14. The maximum atomic E-state index is 12.3. The van der Waals surface area contributed by atoms with Crippen molar-refractivity contribution in [3.8, 4) is 17.2 Å². The molecule has 3 aromatic rings. The zero-order chi connectivity index (χ0) is 20.1. The van der Waals surface area contributed by atoms with Crippen LogP contribution in [0.2, 0.25) is 0 Å². The number of tetrazole rings is 1. The Balaban J connectivity index is 1.33. The molecule has 0 saturated heterocycles. The van der Waals surface area contributed by atoms with Gasteiger partial charge in [0.15, 0.2) is 11.5 Å². The average molecular weight is 413 g/mol. The lowest BCUT2D eigenvalue weighted by atomic mass is 10.2. The summed E-state index contributed by atoms with van der Waals surface area (Å²) in [6.07, 6.45) is 0. The summed E-state index contributed by atoms with van der Waals surface area (Å²) in [7, 11) is 1.63. The molecule has 0 aliphatic carbocycles. The molecule has 9 nitrogen and oxygen atoms in total. The lowest BCUT2D eigenvalue weighted by Gasteiger charge is -2.18. The Morgan fingerprint density at radius 3 is 2.76 bits per heavy atom. The van der Waals surface area contributed by atoms with Crippen LogP contribution in [-0.2, 0) is 11.3 Å². The fourth-order valence-corrected chi connectivity index (χ4v) is 3.43. The van der Waals surface area contributed by atoms with Crippen molar-refractivity contribution in [2.24, 2.45) is 0 Å². The Morgan fingerprint density at radius 2 is 1.97 bits per heavy atom. The van der Waals surface area contributed by atoms with Crippen LogP contribution in [0.15, 0.2) is 47.6 Å². The first-order chi connectivity index (χ1) is 14.2. The highest BCUT2D eigenvalue weighted by molar-refractivity contribution is 7.99. The minimum atomic E-state index is -0.161. The molecule has 0 radical (unpaired) electrons. The molecule has 2 heterocycles. The van der Waals surface area contributed by atoms with E-state index in [9.17, 15) is 4.79 Å². The number of anilines is 1. The molecule has 2 aromatic carbocycles. The van der Waals surface area contributed by atoms with E-state index in [1.807, 2.05) is 24.3 Å². The van der Waals surface area contributed by atoms with Gasteiger partial charge < -0.3 is 19.5 Å². The summed E-state index contributed by atoms with van der Waals surface area (Å²) in [5.41, 5.74) is 1.68. The fraction of sp³-hybridized carbons (Fsp3) is 0.263. The SMILES string of the molecule is COc1ccc(Cn2nnnc2SCC(=O)Nc2ccc3c(c2)OCCO3)cc1. The van der Waals surface area contributed by atoms with Gasteiger partial charge in [-0.2, -0.15) is 0 Å². The normalized spacial score (nSPS) is 12.4. The van der Waals surface area contributed by atoms with Crippen LogP contribution in [0.1, 0.15) is 5.56 Å². The molecular formula is C19H19N5O4S. The van der Waals surface area contributed by atoms with E-state index >= 15 is 0 Å². The van der Waals surface area contributed by atoms with Crippen LogP contribution in [0, 0.1) is 0 Å². The minimum absolute atomic E-state index is 0.161. The maximum absolute atomic E-state index is 12.3. The van der Waals surface area contributed by atoms with Crippen molar-refractivity contribution in [3.05, 3.63) is 48.0 Å². The Kier molecular flexibility index (Phi) is 5.80. The van der Waals surface area contributed by atoms with Crippen molar-refractivity contribution in [2.45, 2.75) is 11.7 Å². The number of benzene rings is 2. The summed E-state index contributed by atoms with van der Waals surface area (Å²) in [6, 6.07) is 13.0. The zero-order valence-corrected chi connectivity index (χ0v) is 16.5. The number of hydrogen-bond acceptors (Lipinski definition) is 8. The third-order valence-corrected chi connectivity index (χ3v) is 5.11. The van der Waals surface area contributed by atoms with Crippen molar-refractivity contribution in [1.29, 1.82) is 0 Å². The predicted octanol–water partition coefficient (Wildman–Crippen LogP) is 2.23. The lowest BCUT2D eigenvalue weighted by Crippen LogP contribution is -2.17. The molecule has 1 aliphatic heterocycles. The van der Waals surface area contributed by atoms with Crippen molar-refractivity contribution >= 4 is 23.4 Å². The fourth-order valence-electron chi connectivity index (χ4n) is 2.75. The predicted molar refractivity (Wildman–Crippen MR) is 107 cm³/mol.